The molecular weight excluding hydrogens is 238 g/mol. The summed E-state index contributed by atoms with van der Waals surface area (Å²) in [7, 11) is 0. The topological polar surface area (TPSA) is 63.3 Å². The highest BCUT2D eigenvalue weighted by Gasteiger charge is 2.71. The second kappa shape index (κ2) is 4.07. The summed E-state index contributed by atoms with van der Waals surface area (Å²) in [6, 6.07) is 8.18. The number of carboxylic acid groups (broad SMARTS) is 1. The lowest BCUT2D eigenvalue weighted by molar-refractivity contribution is -0.178. The number of hydrogen-bond donors (Lipinski definition) is 2. The number of carboxylic acids is 1. The summed E-state index contributed by atoms with van der Waals surface area (Å²) in [5.74, 6) is -0.855. The molecule has 3 saturated carbocycles. The molecular formula is C16H21NO2. The zero-order valence-corrected chi connectivity index (χ0v) is 11.4. The molecule has 2 bridgehead atoms. The van der Waals surface area contributed by atoms with Crippen molar-refractivity contribution in [1.82, 2.24) is 0 Å². The van der Waals surface area contributed by atoms with Gasteiger partial charge >= 0.3 is 5.97 Å². The number of benzene rings is 1. The summed E-state index contributed by atoms with van der Waals surface area (Å²) < 4.78 is 0. The van der Waals surface area contributed by atoms with Gasteiger partial charge in [-0.15, -0.1) is 0 Å². The fourth-order valence-electron chi connectivity index (χ4n) is 4.08. The quantitative estimate of drug-likeness (QED) is 0.854. The van der Waals surface area contributed by atoms with Gasteiger partial charge in [-0.1, -0.05) is 37.6 Å². The SMILES string of the molecule is CCCc1ccc(C23CC(C(N)C(=O)O)(C2)C3)cc1. The van der Waals surface area contributed by atoms with Gasteiger partial charge in [0.05, 0.1) is 0 Å². The van der Waals surface area contributed by atoms with Crippen molar-refractivity contribution < 1.29 is 9.90 Å². The highest BCUT2D eigenvalue weighted by atomic mass is 16.4. The first-order chi connectivity index (χ1) is 9.01. The largest absolute Gasteiger partial charge is 0.480 e. The Balaban J connectivity index is 1.69. The molecule has 3 nitrogen and oxygen atoms in total. The van der Waals surface area contributed by atoms with Crippen LogP contribution < -0.4 is 5.73 Å². The first-order valence-corrected chi connectivity index (χ1v) is 7.09. The number of nitrogens with two attached hydrogens (primary N) is 1. The van der Waals surface area contributed by atoms with E-state index in [9.17, 15) is 4.79 Å². The minimum absolute atomic E-state index is 0.117. The molecule has 4 rings (SSSR count). The number of rotatable bonds is 5. The van der Waals surface area contributed by atoms with Crippen LogP contribution in [0.5, 0.6) is 0 Å². The van der Waals surface area contributed by atoms with E-state index in [-0.39, 0.29) is 10.8 Å². The third kappa shape index (κ3) is 1.71. The van der Waals surface area contributed by atoms with Crippen molar-refractivity contribution in [1.29, 1.82) is 0 Å². The summed E-state index contributed by atoms with van der Waals surface area (Å²) >= 11 is 0. The molecule has 3 heteroatoms. The predicted octanol–water partition coefficient (Wildman–Crippen LogP) is 2.47. The van der Waals surface area contributed by atoms with Gasteiger partial charge in [-0.2, -0.15) is 0 Å². The summed E-state index contributed by atoms with van der Waals surface area (Å²) in [5.41, 5.74) is 8.66. The Hall–Kier alpha value is -1.35. The summed E-state index contributed by atoms with van der Waals surface area (Å²) in [4.78, 5) is 11.0. The zero-order valence-electron chi connectivity index (χ0n) is 11.4. The van der Waals surface area contributed by atoms with E-state index >= 15 is 0 Å². The Morgan fingerprint density at radius 2 is 1.89 bits per heavy atom. The molecule has 3 aliphatic rings. The maximum absolute atomic E-state index is 11.0. The molecule has 1 atom stereocenters. The van der Waals surface area contributed by atoms with Crippen molar-refractivity contribution in [3.05, 3.63) is 35.4 Å². The smallest absolute Gasteiger partial charge is 0.321 e. The van der Waals surface area contributed by atoms with E-state index in [1.165, 1.54) is 17.5 Å². The summed E-state index contributed by atoms with van der Waals surface area (Å²) in [6.07, 6.45) is 5.13. The first-order valence-electron chi connectivity index (χ1n) is 7.09. The minimum atomic E-state index is -0.855. The first kappa shape index (κ1) is 12.7. The minimum Gasteiger partial charge on any atom is -0.480 e. The van der Waals surface area contributed by atoms with Gasteiger partial charge in [-0.05, 0) is 47.6 Å². The zero-order chi connectivity index (χ0) is 13.7. The van der Waals surface area contributed by atoms with Crippen LogP contribution in [0.25, 0.3) is 0 Å². The van der Waals surface area contributed by atoms with Crippen molar-refractivity contribution >= 4 is 5.97 Å². The fraction of sp³-hybridized carbons (Fsp3) is 0.562. The lowest BCUT2D eigenvalue weighted by Gasteiger charge is -2.72. The van der Waals surface area contributed by atoms with Gasteiger partial charge in [-0.25, -0.2) is 0 Å². The molecule has 0 spiro atoms. The average molecular weight is 259 g/mol. The fourth-order valence-corrected chi connectivity index (χ4v) is 4.08. The molecule has 3 N–H and O–H groups in total. The van der Waals surface area contributed by atoms with Crippen molar-refractivity contribution in [2.75, 3.05) is 0 Å². The van der Waals surface area contributed by atoms with Crippen LogP contribution in [-0.2, 0) is 16.6 Å². The van der Waals surface area contributed by atoms with E-state index in [0.717, 1.165) is 25.7 Å². The van der Waals surface area contributed by atoms with Crippen LogP contribution in [0.3, 0.4) is 0 Å². The molecule has 0 aliphatic heterocycles. The summed E-state index contributed by atoms with van der Waals surface area (Å²) in [5, 5.41) is 9.03. The van der Waals surface area contributed by atoms with Crippen LogP contribution in [0.4, 0.5) is 0 Å². The van der Waals surface area contributed by atoms with E-state index in [0.29, 0.717) is 0 Å². The molecule has 0 aromatic heterocycles. The maximum atomic E-state index is 11.0. The van der Waals surface area contributed by atoms with Crippen LogP contribution in [-0.4, -0.2) is 17.1 Å². The van der Waals surface area contributed by atoms with Gasteiger partial charge in [0.25, 0.3) is 0 Å². The highest BCUT2D eigenvalue weighted by molar-refractivity contribution is 5.75. The molecule has 1 aromatic carbocycles. The van der Waals surface area contributed by atoms with E-state index in [1.54, 1.807) is 0 Å². The Morgan fingerprint density at radius 3 is 2.37 bits per heavy atom. The molecule has 1 aromatic rings. The molecule has 0 saturated heterocycles. The third-order valence-electron chi connectivity index (χ3n) is 5.10. The van der Waals surface area contributed by atoms with Gasteiger partial charge in [0.15, 0.2) is 0 Å². The Labute approximate surface area is 113 Å². The van der Waals surface area contributed by atoms with E-state index in [1.807, 2.05) is 0 Å². The molecule has 3 aliphatic carbocycles. The van der Waals surface area contributed by atoms with E-state index in [4.69, 9.17) is 10.8 Å². The average Bonchev–Trinajstić information content (AvgIpc) is 2.28. The lowest BCUT2D eigenvalue weighted by Crippen LogP contribution is -2.72. The third-order valence-corrected chi connectivity index (χ3v) is 5.10. The summed E-state index contributed by atoms with van der Waals surface area (Å²) in [6.45, 7) is 2.19. The lowest BCUT2D eigenvalue weighted by atomic mass is 9.31. The number of aryl methyl sites for hydroxylation is 1. The molecule has 0 amide bonds. The normalized spacial score (nSPS) is 33.2. The van der Waals surface area contributed by atoms with Gasteiger partial charge in [0, 0.05) is 0 Å². The van der Waals surface area contributed by atoms with Gasteiger partial charge in [-0.3, -0.25) is 4.79 Å². The molecule has 0 radical (unpaired) electrons. The Morgan fingerprint density at radius 1 is 1.32 bits per heavy atom. The van der Waals surface area contributed by atoms with Crippen molar-refractivity contribution in [3.8, 4) is 0 Å². The number of carbonyl (C=O) groups is 1. The van der Waals surface area contributed by atoms with Crippen LogP contribution in [0.2, 0.25) is 0 Å². The molecule has 1 unspecified atom stereocenters. The van der Waals surface area contributed by atoms with Crippen LogP contribution in [0.1, 0.15) is 43.7 Å². The van der Waals surface area contributed by atoms with Crippen molar-refractivity contribution in [3.63, 3.8) is 0 Å². The Kier molecular flexibility index (Phi) is 2.72. The molecule has 19 heavy (non-hydrogen) atoms. The van der Waals surface area contributed by atoms with E-state index in [2.05, 4.69) is 31.2 Å². The molecule has 3 fully saturated rings. The van der Waals surface area contributed by atoms with Crippen LogP contribution in [0.15, 0.2) is 24.3 Å². The van der Waals surface area contributed by atoms with Crippen molar-refractivity contribution in [2.45, 2.75) is 50.5 Å². The monoisotopic (exact) mass is 259 g/mol. The maximum Gasteiger partial charge on any atom is 0.321 e. The van der Waals surface area contributed by atoms with Gasteiger partial charge < -0.3 is 10.8 Å². The standard InChI is InChI=1S/C16H21NO2/c1-2-3-11-4-6-12(7-5-11)15-8-16(9-15,10-15)13(17)14(18)19/h4-7,13H,2-3,8-10,17H2,1H3,(H,18,19). The second-order valence-electron chi connectivity index (χ2n) is 6.44. The molecule has 102 valence electrons. The predicted molar refractivity (Wildman–Crippen MR) is 74.0 cm³/mol. The number of aliphatic carboxylic acids is 1. The van der Waals surface area contributed by atoms with E-state index < -0.39 is 12.0 Å². The van der Waals surface area contributed by atoms with Crippen LogP contribution in [0, 0.1) is 5.41 Å². The van der Waals surface area contributed by atoms with Gasteiger partial charge in [0.2, 0.25) is 0 Å². The number of hydrogen-bond acceptors (Lipinski definition) is 2. The second-order valence-corrected chi connectivity index (χ2v) is 6.44. The highest BCUT2D eigenvalue weighted by Crippen LogP contribution is 2.74. The Bertz CT molecular complexity index is 486. The van der Waals surface area contributed by atoms with Gasteiger partial charge in [0.1, 0.15) is 6.04 Å². The molecule has 0 heterocycles. The van der Waals surface area contributed by atoms with Crippen LogP contribution >= 0.6 is 0 Å². The van der Waals surface area contributed by atoms with Crippen molar-refractivity contribution in [2.24, 2.45) is 11.1 Å².